The third-order valence-electron chi connectivity index (χ3n) is 4.14. The van der Waals surface area contributed by atoms with Crippen molar-refractivity contribution in [2.24, 2.45) is 0 Å². The number of likely N-dealkylation sites (N-methyl/N-ethyl adjacent to an activating group) is 1. The molecule has 1 amide bonds. The normalized spacial score (nSPS) is 13.5. The number of quaternary nitrogens is 1. The maximum atomic E-state index is 12.1. The summed E-state index contributed by atoms with van der Waals surface area (Å²) in [5.74, 6) is 1.54. The highest BCUT2D eigenvalue weighted by atomic mass is 35.5. The van der Waals surface area contributed by atoms with Gasteiger partial charge in [0.2, 0.25) is 6.79 Å². The molecule has 5 nitrogen and oxygen atoms in total. The van der Waals surface area contributed by atoms with E-state index in [-0.39, 0.29) is 12.7 Å². The molecule has 0 saturated carbocycles. The molecule has 1 unspecified atom stereocenters. The Morgan fingerprint density at radius 3 is 2.77 bits per heavy atom. The highest BCUT2D eigenvalue weighted by Gasteiger charge is 2.16. The average Bonchev–Trinajstić information content (AvgIpc) is 3.04. The number of carbonyl (C=O) groups is 1. The predicted molar refractivity (Wildman–Crippen MR) is 101 cm³/mol. The zero-order valence-corrected chi connectivity index (χ0v) is 16.0. The molecule has 0 radical (unpaired) electrons. The third kappa shape index (κ3) is 5.04. The summed E-state index contributed by atoms with van der Waals surface area (Å²) in [6.45, 7) is 1.93. The van der Waals surface area contributed by atoms with E-state index in [1.807, 2.05) is 31.3 Å². The Kier molecular flexibility index (Phi) is 6.25. The van der Waals surface area contributed by atoms with E-state index < -0.39 is 0 Å². The summed E-state index contributed by atoms with van der Waals surface area (Å²) in [7, 11) is 1.99. The molecule has 0 spiro atoms. The van der Waals surface area contributed by atoms with Gasteiger partial charge in [0.1, 0.15) is 6.54 Å². The van der Waals surface area contributed by atoms with Crippen molar-refractivity contribution in [2.75, 3.05) is 26.9 Å². The van der Waals surface area contributed by atoms with Crippen molar-refractivity contribution in [3.8, 4) is 11.5 Å². The van der Waals surface area contributed by atoms with Gasteiger partial charge in [0.05, 0.1) is 7.05 Å². The first-order chi connectivity index (χ1) is 12.5. The van der Waals surface area contributed by atoms with Crippen LogP contribution in [0.5, 0.6) is 11.5 Å². The number of fused-ring (bicyclic) bond motifs is 1. The fraction of sp³-hybridized carbons (Fsp3) is 0.316. The lowest BCUT2D eigenvalue weighted by Crippen LogP contribution is -3.08. The second-order valence-corrected chi connectivity index (χ2v) is 7.18. The SMILES string of the molecule is C[NH+](CC(=O)NCCc1ccc(Cl)cc1Cl)Cc1ccc2c(c1)OCO2. The van der Waals surface area contributed by atoms with Gasteiger partial charge in [-0.1, -0.05) is 29.3 Å². The summed E-state index contributed by atoms with van der Waals surface area (Å²) in [6.07, 6.45) is 0.670. The van der Waals surface area contributed by atoms with Crippen LogP contribution in [0.3, 0.4) is 0 Å². The van der Waals surface area contributed by atoms with E-state index in [1.165, 1.54) is 0 Å². The molecule has 3 rings (SSSR count). The van der Waals surface area contributed by atoms with Crippen LogP contribution < -0.4 is 19.7 Å². The summed E-state index contributed by atoms with van der Waals surface area (Å²) < 4.78 is 10.7. The molecular weight excluding hydrogens is 375 g/mol. The van der Waals surface area contributed by atoms with Crippen LogP contribution in [0.25, 0.3) is 0 Å². The van der Waals surface area contributed by atoms with Gasteiger partial charge in [0.15, 0.2) is 18.0 Å². The van der Waals surface area contributed by atoms with Crippen LogP contribution in [0, 0.1) is 0 Å². The second-order valence-electron chi connectivity index (χ2n) is 6.33. The van der Waals surface area contributed by atoms with E-state index in [4.69, 9.17) is 32.7 Å². The molecule has 0 bridgehead atoms. The lowest BCUT2D eigenvalue weighted by atomic mass is 10.1. The number of hydrogen-bond donors (Lipinski definition) is 2. The highest BCUT2D eigenvalue weighted by Crippen LogP contribution is 2.32. The fourth-order valence-corrected chi connectivity index (χ4v) is 3.36. The molecule has 2 aromatic rings. The first-order valence-electron chi connectivity index (χ1n) is 8.42. The minimum atomic E-state index is 0.00771. The quantitative estimate of drug-likeness (QED) is 0.754. The van der Waals surface area contributed by atoms with Crippen molar-refractivity contribution < 1.29 is 19.2 Å². The van der Waals surface area contributed by atoms with Crippen LogP contribution in [0.15, 0.2) is 36.4 Å². The summed E-state index contributed by atoms with van der Waals surface area (Å²) in [5.41, 5.74) is 2.07. The van der Waals surface area contributed by atoms with E-state index >= 15 is 0 Å². The number of ether oxygens (including phenoxy) is 2. The molecule has 0 aliphatic carbocycles. The van der Waals surface area contributed by atoms with Crippen molar-refractivity contribution in [3.05, 3.63) is 57.6 Å². The molecule has 138 valence electrons. The molecule has 0 saturated heterocycles. The van der Waals surface area contributed by atoms with Gasteiger partial charge in [-0.05, 0) is 42.3 Å². The Bertz CT molecular complexity index is 798. The minimum Gasteiger partial charge on any atom is -0.454 e. The molecule has 2 N–H and O–H groups in total. The van der Waals surface area contributed by atoms with Crippen molar-refractivity contribution in [1.82, 2.24) is 5.32 Å². The lowest BCUT2D eigenvalue weighted by molar-refractivity contribution is -0.885. The summed E-state index contributed by atoms with van der Waals surface area (Å²) in [4.78, 5) is 13.2. The Morgan fingerprint density at radius 2 is 1.96 bits per heavy atom. The van der Waals surface area contributed by atoms with Gasteiger partial charge in [0, 0.05) is 22.2 Å². The fourth-order valence-electron chi connectivity index (χ4n) is 2.86. The summed E-state index contributed by atoms with van der Waals surface area (Å²) in [6, 6.07) is 11.3. The Balaban J connectivity index is 1.42. The van der Waals surface area contributed by atoms with Gasteiger partial charge in [-0.15, -0.1) is 0 Å². The molecule has 0 aromatic heterocycles. The molecule has 26 heavy (non-hydrogen) atoms. The molecule has 1 atom stereocenters. The number of carbonyl (C=O) groups excluding carboxylic acids is 1. The number of benzene rings is 2. The maximum absolute atomic E-state index is 12.1. The van der Waals surface area contributed by atoms with E-state index in [2.05, 4.69) is 5.32 Å². The number of rotatable bonds is 7. The van der Waals surface area contributed by atoms with Crippen molar-refractivity contribution in [2.45, 2.75) is 13.0 Å². The van der Waals surface area contributed by atoms with E-state index in [0.29, 0.717) is 29.6 Å². The standard InChI is InChI=1S/C19H20Cl2N2O3/c1-23(10-13-2-5-17-18(8-13)26-12-25-17)11-19(24)22-7-6-14-3-4-15(20)9-16(14)21/h2-5,8-9H,6-7,10-12H2,1H3,(H,22,24)/p+1. The van der Waals surface area contributed by atoms with Crippen LogP contribution in [-0.2, 0) is 17.8 Å². The first-order valence-corrected chi connectivity index (χ1v) is 9.17. The second kappa shape index (κ2) is 8.62. The topological polar surface area (TPSA) is 52.0 Å². The van der Waals surface area contributed by atoms with Crippen molar-refractivity contribution in [3.63, 3.8) is 0 Å². The third-order valence-corrected chi connectivity index (χ3v) is 4.72. The van der Waals surface area contributed by atoms with Gasteiger partial charge in [-0.25, -0.2) is 0 Å². The highest BCUT2D eigenvalue weighted by molar-refractivity contribution is 6.35. The molecular formula is C19H21Cl2N2O3+. The van der Waals surface area contributed by atoms with Gasteiger partial charge >= 0.3 is 0 Å². The molecule has 1 aliphatic rings. The van der Waals surface area contributed by atoms with Gasteiger partial charge in [-0.3, -0.25) is 4.79 Å². The Hall–Kier alpha value is -1.95. The van der Waals surface area contributed by atoms with Crippen LogP contribution >= 0.6 is 23.2 Å². The summed E-state index contributed by atoms with van der Waals surface area (Å²) in [5, 5.41) is 4.17. The lowest BCUT2D eigenvalue weighted by Gasteiger charge is -2.14. The number of halogens is 2. The predicted octanol–water partition coefficient (Wildman–Crippen LogP) is 2.10. The van der Waals surface area contributed by atoms with Crippen LogP contribution in [0.2, 0.25) is 10.0 Å². The maximum Gasteiger partial charge on any atom is 0.275 e. The first kappa shape index (κ1) is 18.8. The molecule has 1 heterocycles. The minimum absolute atomic E-state index is 0.00771. The Labute approximate surface area is 162 Å². The zero-order chi connectivity index (χ0) is 18.5. The average molecular weight is 396 g/mol. The van der Waals surface area contributed by atoms with Crippen molar-refractivity contribution in [1.29, 1.82) is 0 Å². The zero-order valence-electron chi connectivity index (χ0n) is 14.5. The van der Waals surface area contributed by atoms with Gasteiger partial charge in [-0.2, -0.15) is 0 Å². The molecule has 1 aliphatic heterocycles. The molecule has 7 heteroatoms. The molecule has 2 aromatic carbocycles. The Morgan fingerprint density at radius 1 is 1.15 bits per heavy atom. The number of amides is 1. The number of hydrogen-bond acceptors (Lipinski definition) is 3. The van der Waals surface area contributed by atoms with Crippen LogP contribution in [0.1, 0.15) is 11.1 Å². The van der Waals surface area contributed by atoms with E-state index in [1.54, 1.807) is 12.1 Å². The van der Waals surface area contributed by atoms with Crippen LogP contribution in [0.4, 0.5) is 0 Å². The number of nitrogens with one attached hydrogen (secondary N) is 2. The van der Waals surface area contributed by atoms with E-state index in [9.17, 15) is 4.79 Å². The van der Waals surface area contributed by atoms with E-state index in [0.717, 1.165) is 34.1 Å². The van der Waals surface area contributed by atoms with Gasteiger partial charge in [0.25, 0.3) is 5.91 Å². The van der Waals surface area contributed by atoms with Gasteiger partial charge < -0.3 is 19.7 Å². The van der Waals surface area contributed by atoms with Crippen molar-refractivity contribution >= 4 is 29.1 Å². The molecule has 0 fully saturated rings. The smallest absolute Gasteiger partial charge is 0.275 e. The monoisotopic (exact) mass is 395 g/mol. The summed E-state index contributed by atoms with van der Waals surface area (Å²) >= 11 is 12.0. The largest absolute Gasteiger partial charge is 0.454 e. The van der Waals surface area contributed by atoms with Crippen LogP contribution in [-0.4, -0.2) is 32.8 Å².